The van der Waals surface area contributed by atoms with Gasteiger partial charge < -0.3 is 24.1 Å². The minimum Gasteiger partial charge on any atom is -0.397 e. The second-order valence-electron chi connectivity index (χ2n) is 2.34. The van der Waals surface area contributed by atoms with Gasteiger partial charge in [0.2, 0.25) is 0 Å². The molecule has 94 valence electrons. The van der Waals surface area contributed by atoms with Crippen LogP contribution in [-0.4, -0.2) is 23.4 Å². The first kappa shape index (κ1) is 29.6. The molecule has 0 fully saturated rings. The van der Waals surface area contributed by atoms with Crippen LogP contribution in [0.1, 0.15) is 53.4 Å². The van der Waals surface area contributed by atoms with Gasteiger partial charge in [-0.15, -0.1) is 0 Å². The van der Waals surface area contributed by atoms with Crippen molar-refractivity contribution in [3.8, 4) is 0 Å². The summed E-state index contributed by atoms with van der Waals surface area (Å²) < 4.78 is 0. The molecule has 0 saturated heterocycles. The van der Waals surface area contributed by atoms with Crippen LogP contribution in [0, 0.1) is 13.8 Å². The fourth-order valence-corrected chi connectivity index (χ4v) is 0. The Labute approximate surface area is 112 Å². The van der Waals surface area contributed by atoms with E-state index in [2.05, 4.69) is 27.7 Å². The van der Waals surface area contributed by atoms with Gasteiger partial charge in [-0.3, -0.25) is 0 Å². The van der Waals surface area contributed by atoms with Gasteiger partial charge in [-0.25, -0.2) is 0 Å². The molecule has 0 heterocycles. The van der Waals surface area contributed by atoms with Gasteiger partial charge >= 0.3 is 21.7 Å². The molecule has 0 radical (unpaired) electrons. The number of unbranched alkanes of at least 4 members (excludes halogenated alkanes) is 2. The number of rotatable bonds is 2. The standard InChI is InChI=1S/2C4H9.2C2H6O.Ti/c2*1-3-4-2;2*1-2-3;/h2*1,3-4H2,2H3;2*3H,2H2,1H3;/q2*-1;;;+2. The molecule has 2 N–H and O–H groups in total. The van der Waals surface area contributed by atoms with E-state index in [0.29, 0.717) is 0 Å². The molecular weight excluding hydrogens is 224 g/mol. The summed E-state index contributed by atoms with van der Waals surface area (Å²) in [7, 11) is 0. The van der Waals surface area contributed by atoms with E-state index in [-0.39, 0.29) is 34.9 Å². The molecule has 3 heteroatoms. The molecule has 0 aliphatic rings. The normalized spacial score (nSPS) is 6.40. The van der Waals surface area contributed by atoms with E-state index in [1.165, 1.54) is 12.8 Å². The van der Waals surface area contributed by atoms with E-state index < -0.39 is 0 Å². The summed E-state index contributed by atoms with van der Waals surface area (Å²) in [6.07, 6.45) is 4.56. The Hall–Kier alpha value is 0.634. The van der Waals surface area contributed by atoms with Crippen molar-refractivity contribution in [1.29, 1.82) is 0 Å². The Morgan fingerprint density at radius 2 is 0.800 bits per heavy atom. The van der Waals surface area contributed by atoms with Gasteiger partial charge in [-0.2, -0.15) is 12.8 Å². The molecule has 0 bridgehead atoms. The van der Waals surface area contributed by atoms with Crippen LogP contribution in [0.4, 0.5) is 0 Å². The minimum absolute atomic E-state index is 0. The second-order valence-corrected chi connectivity index (χ2v) is 2.34. The van der Waals surface area contributed by atoms with E-state index >= 15 is 0 Å². The van der Waals surface area contributed by atoms with Gasteiger partial charge in [0.1, 0.15) is 0 Å². The average molecular weight is 254 g/mol. The molecule has 0 unspecified atom stereocenters. The Morgan fingerprint density at radius 3 is 0.800 bits per heavy atom. The van der Waals surface area contributed by atoms with Crippen molar-refractivity contribution in [2.45, 2.75) is 53.4 Å². The second kappa shape index (κ2) is 61.8. The topological polar surface area (TPSA) is 40.5 Å². The third-order valence-corrected chi connectivity index (χ3v) is 0.707. The van der Waals surface area contributed by atoms with Crippen molar-refractivity contribution < 1.29 is 31.9 Å². The monoisotopic (exact) mass is 254 g/mol. The van der Waals surface area contributed by atoms with Gasteiger partial charge in [-0.05, 0) is 13.8 Å². The minimum atomic E-state index is 0. The van der Waals surface area contributed by atoms with Crippen molar-refractivity contribution in [2.24, 2.45) is 0 Å². The number of aliphatic hydroxyl groups is 2. The zero-order valence-corrected chi connectivity index (χ0v) is 12.6. The fourth-order valence-electron chi connectivity index (χ4n) is 0. The van der Waals surface area contributed by atoms with E-state index in [4.69, 9.17) is 10.2 Å². The molecule has 0 atom stereocenters. The Balaban J connectivity index is -0.0000000293. The summed E-state index contributed by atoms with van der Waals surface area (Å²) >= 11 is 0. The molecule has 0 aliphatic heterocycles. The molecule has 2 nitrogen and oxygen atoms in total. The van der Waals surface area contributed by atoms with E-state index in [1.807, 2.05) is 0 Å². The van der Waals surface area contributed by atoms with Crippen LogP contribution in [0.15, 0.2) is 0 Å². The number of hydrogen-bond acceptors (Lipinski definition) is 2. The van der Waals surface area contributed by atoms with Crippen LogP contribution in [0.5, 0.6) is 0 Å². The summed E-state index contributed by atoms with van der Waals surface area (Å²) in [5, 5.41) is 15.1. The largest absolute Gasteiger partial charge is 2.00 e. The van der Waals surface area contributed by atoms with E-state index in [1.54, 1.807) is 13.8 Å². The van der Waals surface area contributed by atoms with Crippen molar-refractivity contribution in [1.82, 2.24) is 0 Å². The maximum Gasteiger partial charge on any atom is 2.00 e. The van der Waals surface area contributed by atoms with Crippen LogP contribution in [-0.2, 0) is 21.7 Å². The summed E-state index contributed by atoms with van der Waals surface area (Å²) in [5.41, 5.74) is 0. The predicted octanol–water partition coefficient (Wildman–Crippen LogP) is 3.24. The summed E-state index contributed by atoms with van der Waals surface area (Å²) in [6, 6.07) is 0. The van der Waals surface area contributed by atoms with Gasteiger partial charge in [0.05, 0.1) is 0 Å². The van der Waals surface area contributed by atoms with Crippen molar-refractivity contribution >= 4 is 0 Å². The average Bonchev–Trinajstić information content (AvgIpc) is 2.20. The van der Waals surface area contributed by atoms with Crippen LogP contribution >= 0.6 is 0 Å². The van der Waals surface area contributed by atoms with Crippen LogP contribution in [0.3, 0.4) is 0 Å². The van der Waals surface area contributed by atoms with E-state index in [9.17, 15) is 0 Å². The third kappa shape index (κ3) is 337. The zero-order chi connectivity index (χ0) is 12.2. The quantitative estimate of drug-likeness (QED) is 0.586. The maximum absolute atomic E-state index is 7.57. The number of aliphatic hydroxyl groups excluding tert-OH is 2. The Kier molecular flexibility index (Phi) is 122. The molecule has 0 amide bonds. The third-order valence-electron chi connectivity index (χ3n) is 0.707. The van der Waals surface area contributed by atoms with Gasteiger partial charge in [0.25, 0.3) is 0 Å². The SMILES string of the molecule is CCO.CCO.[CH2-]CCC.[CH2-]CCC.[Ti+2]. The summed E-state index contributed by atoms with van der Waals surface area (Å²) in [6.45, 7) is 15.3. The van der Waals surface area contributed by atoms with Crippen LogP contribution in [0.25, 0.3) is 0 Å². The molecule has 0 aliphatic carbocycles. The van der Waals surface area contributed by atoms with Gasteiger partial charge in [-0.1, -0.05) is 26.7 Å². The molecule has 0 aromatic carbocycles. The maximum atomic E-state index is 7.57. The molecule has 0 saturated carbocycles. The first-order chi connectivity index (χ1) is 6.66. The first-order valence-electron chi connectivity index (χ1n) is 5.46. The molecule has 15 heavy (non-hydrogen) atoms. The summed E-state index contributed by atoms with van der Waals surface area (Å²) in [5.74, 6) is 0. The Bertz CT molecular complexity index is 34.6. The smallest absolute Gasteiger partial charge is 0.397 e. The van der Waals surface area contributed by atoms with Crippen molar-refractivity contribution in [2.75, 3.05) is 13.2 Å². The van der Waals surface area contributed by atoms with Gasteiger partial charge in [0, 0.05) is 13.2 Å². The van der Waals surface area contributed by atoms with Gasteiger partial charge in [0.15, 0.2) is 0 Å². The zero-order valence-electron chi connectivity index (χ0n) is 11.1. The molecule has 0 aromatic heterocycles. The fraction of sp³-hybridized carbons (Fsp3) is 0.833. The van der Waals surface area contributed by atoms with E-state index in [0.717, 1.165) is 12.8 Å². The number of hydrogen-bond donors (Lipinski definition) is 2. The van der Waals surface area contributed by atoms with Crippen LogP contribution in [0.2, 0.25) is 0 Å². The molecule has 0 spiro atoms. The van der Waals surface area contributed by atoms with Crippen molar-refractivity contribution in [3.63, 3.8) is 0 Å². The molecular formula is C12H30O2Ti. The Morgan fingerprint density at radius 1 is 0.733 bits per heavy atom. The molecule has 0 aromatic rings. The van der Waals surface area contributed by atoms with Crippen LogP contribution < -0.4 is 0 Å². The predicted molar refractivity (Wildman–Crippen MR) is 66.0 cm³/mol. The van der Waals surface area contributed by atoms with Crippen molar-refractivity contribution in [3.05, 3.63) is 13.8 Å². The molecule has 0 rings (SSSR count). The summed E-state index contributed by atoms with van der Waals surface area (Å²) in [4.78, 5) is 0. The first-order valence-corrected chi connectivity index (χ1v) is 5.46.